The predicted molar refractivity (Wildman–Crippen MR) is 66.8 cm³/mol. The number of rotatable bonds is 4. The molecular formula is C13H15N3O2. The molecule has 0 N–H and O–H groups in total. The molecule has 0 bridgehead atoms. The highest BCUT2D eigenvalue weighted by molar-refractivity contribution is 5.94. The molecule has 5 nitrogen and oxygen atoms in total. The monoisotopic (exact) mass is 245 g/mol. The van der Waals surface area contributed by atoms with Gasteiger partial charge in [0.1, 0.15) is 12.4 Å². The molecule has 18 heavy (non-hydrogen) atoms. The van der Waals surface area contributed by atoms with E-state index in [-0.39, 0.29) is 11.9 Å². The van der Waals surface area contributed by atoms with Gasteiger partial charge < -0.3 is 4.74 Å². The standard InChI is InChI=1S/C13H15N3O2/c1-9(17)11-5-4-6-12(7-11)16-8-14-15-13(16)10(2)18-3/h4-8,10H,1-3H3/t10-/m1/s1. The first-order valence-corrected chi connectivity index (χ1v) is 5.67. The highest BCUT2D eigenvalue weighted by Crippen LogP contribution is 2.18. The second kappa shape index (κ2) is 5.10. The van der Waals surface area contributed by atoms with Crippen molar-refractivity contribution >= 4 is 5.78 Å². The fourth-order valence-electron chi connectivity index (χ4n) is 1.70. The summed E-state index contributed by atoms with van der Waals surface area (Å²) in [7, 11) is 1.62. The largest absolute Gasteiger partial charge is 0.374 e. The number of benzene rings is 1. The van der Waals surface area contributed by atoms with Crippen LogP contribution in [0, 0.1) is 0 Å². The lowest BCUT2D eigenvalue weighted by Gasteiger charge is -2.11. The fourth-order valence-corrected chi connectivity index (χ4v) is 1.70. The first-order valence-electron chi connectivity index (χ1n) is 5.67. The average molecular weight is 245 g/mol. The maximum atomic E-state index is 11.4. The molecule has 1 aromatic carbocycles. The molecule has 1 atom stereocenters. The molecule has 1 aromatic heterocycles. The Labute approximate surface area is 105 Å². The highest BCUT2D eigenvalue weighted by atomic mass is 16.5. The maximum absolute atomic E-state index is 11.4. The Bertz CT molecular complexity index is 563. The number of methoxy groups -OCH3 is 1. The lowest BCUT2D eigenvalue weighted by molar-refractivity contribution is 0.101. The number of ketones is 1. The third-order valence-electron chi connectivity index (χ3n) is 2.82. The van der Waals surface area contributed by atoms with Gasteiger partial charge in [0.15, 0.2) is 11.6 Å². The van der Waals surface area contributed by atoms with E-state index in [9.17, 15) is 4.79 Å². The van der Waals surface area contributed by atoms with E-state index in [1.807, 2.05) is 29.7 Å². The van der Waals surface area contributed by atoms with Gasteiger partial charge in [-0.15, -0.1) is 10.2 Å². The summed E-state index contributed by atoms with van der Waals surface area (Å²) in [6.07, 6.45) is 1.46. The molecule has 0 fully saturated rings. The van der Waals surface area contributed by atoms with Gasteiger partial charge in [0, 0.05) is 18.4 Å². The number of hydrogen-bond acceptors (Lipinski definition) is 4. The minimum atomic E-state index is -0.159. The van der Waals surface area contributed by atoms with E-state index in [2.05, 4.69) is 10.2 Å². The molecule has 2 aromatic rings. The van der Waals surface area contributed by atoms with E-state index in [1.54, 1.807) is 26.4 Å². The summed E-state index contributed by atoms with van der Waals surface area (Å²) in [6, 6.07) is 7.35. The Morgan fingerprint density at radius 3 is 2.89 bits per heavy atom. The van der Waals surface area contributed by atoms with E-state index in [4.69, 9.17) is 4.74 Å². The topological polar surface area (TPSA) is 57.0 Å². The van der Waals surface area contributed by atoms with Crippen molar-refractivity contribution in [1.82, 2.24) is 14.8 Å². The fraction of sp³-hybridized carbons (Fsp3) is 0.308. The molecule has 0 saturated heterocycles. The van der Waals surface area contributed by atoms with E-state index in [1.165, 1.54) is 0 Å². The number of Topliss-reactive ketones (excluding diaryl/α,β-unsaturated/α-hetero) is 1. The van der Waals surface area contributed by atoms with Gasteiger partial charge >= 0.3 is 0 Å². The Kier molecular flexibility index (Phi) is 3.53. The smallest absolute Gasteiger partial charge is 0.166 e. The first kappa shape index (κ1) is 12.4. The van der Waals surface area contributed by atoms with Crippen molar-refractivity contribution in [2.75, 3.05) is 7.11 Å². The van der Waals surface area contributed by atoms with Gasteiger partial charge in [0.25, 0.3) is 0 Å². The van der Waals surface area contributed by atoms with Crippen LogP contribution in [0.15, 0.2) is 30.6 Å². The SMILES string of the molecule is CO[C@H](C)c1nncn1-c1cccc(C(C)=O)c1. The second-order valence-electron chi connectivity index (χ2n) is 4.04. The summed E-state index contributed by atoms with van der Waals surface area (Å²) >= 11 is 0. The Hall–Kier alpha value is -2.01. The molecule has 0 spiro atoms. The third-order valence-corrected chi connectivity index (χ3v) is 2.82. The van der Waals surface area contributed by atoms with Crippen LogP contribution in [-0.4, -0.2) is 27.7 Å². The molecule has 0 aliphatic rings. The number of carbonyl (C=O) groups is 1. The number of carbonyl (C=O) groups excluding carboxylic acids is 1. The minimum absolute atomic E-state index is 0.0336. The van der Waals surface area contributed by atoms with Gasteiger partial charge in [0.05, 0.1) is 0 Å². The molecule has 0 aliphatic carbocycles. The molecular weight excluding hydrogens is 230 g/mol. The maximum Gasteiger partial charge on any atom is 0.166 e. The molecule has 0 amide bonds. The van der Waals surface area contributed by atoms with Crippen LogP contribution in [0.2, 0.25) is 0 Å². The van der Waals surface area contributed by atoms with Crippen molar-refractivity contribution in [3.8, 4) is 5.69 Å². The van der Waals surface area contributed by atoms with Gasteiger partial charge in [-0.2, -0.15) is 0 Å². The van der Waals surface area contributed by atoms with Gasteiger partial charge in [-0.1, -0.05) is 12.1 Å². The highest BCUT2D eigenvalue weighted by Gasteiger charge is 2.14. The zero-order valence-corrected chi connectivity index (χ0v) is 10.6. The molecule has 0 aliphatic heterocycles. The van der Waals surface area contributed by atoms with Crippen LogP contribution in [0.5, 0.6) is 0 Å². The number of nitrogens with zero attached hydrogens (tertiary/aromatic N) is 3. The first-order chi connectivity index (χ1) is 8.63. The van der Waals surface area contributed by atoms with Crippen LogP contribution >= 0.6 is 0 Å². The van der Waals surface area contributed by atoms with Crippen molar-refractivity contribution in [3.05, 3.63) is 42.0 Å². The summed E-state index contributed by atoms with van der Waals surface area (Å²) < 4.78 is 7.06. The Morgan fingerprint density at radius 2 is 2.22 bits per heavy atom. The minimum Gasteiger partial charge on any atom is -0.374 e. The lowest BCUT2D eigenvalue weighted by Crippen LogP contribution is -2.07. The lowest BCUT2D eigenvalue weighted by atomic mass is 10.1. The van der Waals surface area contributed by atoms with E-state index >= 15 is 0 Å². The third kappa shape index (κ3) is 2.31. The molecule has 0 radical (unpaired) electrons. The molecule has 0 saturated carbocycles. The molecule has 1 heterocycles. The van der Waals surface area contributed by atoms with Crippen molar-refractivity contribution < 1.29 is 9.53 Å². The van der Waals surface area contributed by atoms with Crippen molar-refractivity contribution in [2.24, 2.45) is 0 Å². The van der Waals surface area contributed by atoms with Crippen LogP contribution in [-0.2, 0) is 4.74 Å². The number of aromatic nitrogens is 3. The summed E-state index contributed by atoms with van der Waals surface area (Å²) in [6.45, 7) is 3.44. The quantitative estimate of drug-likeness (QED) is 0.775. The number of hydrogen-bond donors (Lipinski definition) is 0. The normalized spacial score (nSPS) is 12.4. The molecule has 0 unspecified atom stereocenters. The van der Waals surface area contributed by atoms with E-state index < -0.39 is 0 Å². The second-order valence-corrected chi connectivity index (χ2v) is 4.04. The van der Waals surface area contributed by atoms with E-state index in [0.717, 1.165) is 5.69 Å². The summed E-state index contributed by atoms with van der Waals surface area (Å²) in [5, 5.41) is 7.93. The predicted octanol–water partition coefficient (Wildman–Crippen LogP) is 2.18. The van der Waals surface area contributed by atoms with Crippen molar-refractivity contribution in [3.63, 3.8) is 0 Å². The van der Waals surface area contributed by atoms with Crippen LogP contribution in [0.4, 0.5) is 0 Å². The summed E-state index contributed by atoms with van der Waals surface area (Å²) in [4.78, 5) is 11.4. The van der Waals surface area contributed by atoms with Gasteiger partial charge in [0.2, 0.25) is 0 Å². The van der Waals surface area contributed by atoms with Gasteiger partial charge in [-0.05, 0) is 26.0 Å². The van der Waals surface area contributed by atoms with Crippen LogP contribution in [0.1, 0.15) is 36.1 Å². The summed E-state index contributed by atoms with van der Waals surface area (Å²) in [5.41, 5.74) is 1.52. The molecule has 94 valence electrons. The zero-order valence-electron chi connectivity index (χ0n) is 10.6. The van der Waals surface area contributed by atoms with Crippen LogP contribution < -0.4 is 0 Å². The van der Waals surface area contributed by atoms with Gasteiger partial charge in [-0.25, -0.2) is 0 Å². The van der Waals surface area contributed by atoms with Gasteiger partial charge in [-0.3, -0.25) is 9.36 Å². The van der Waals surface area contributed by atoms with Crippen LogP contribution in [0.25, 0.3) is 5.69 Å². The van der Waals surface area contributed by atoms with Crippen molar-refractivity contribution in [2.45, 2.75) is 20.0 Å². The Morgan fingerprint density at radius 1 is 1.44 bits per heavy atom. The molecule has 2 rings (SSSR count). The van der Waals surface area contributed by atoms with E-state index in [0.29, 0.717) is 11.4 Å². The average Bonchev–Trinajstić information content (AvgIpc) is 2.87. The molecule has 5 heteroatoms. The summed E-state index contributed by atoms with van der Waals surface area (Å²) in [5.74, 6) is 0.740. The zero-order chi connectivity index (χ0) is 13.1. The number of ether oxygens (including phenoxy) is 1. The Balaban J connectivity index is 2.46. The van der Waals surface area contributed by atoms with Crippen LogP contribution in [0.3, 0.4) is 0 Å². The van der Waals surface area contributed by atoms with Crippen molar-refractivity contribution in [1.29, 1.82) is 0 Å².